The third-order valence-corrected chi connectivity index (χ3v) is 4.22. The first-order valence-corrected chi connectivity index (χ1v) is 7.30. The summed E-state index contributed by atoms with van der Waals surface area (Å²) in [5.74, 6) is 0.853. The van der Waals surface area contributed by atoms with Gasteiger partial charge in [-0.1, -0.05) is 46.6 Å². The van der Waals surface area contributed by atoms with E-state index in [9.17, 15) is 0 Å². The predicted molar refractivity (Wildman–Crippen MR) is 74.7 cm³/mol. The van der Waals surface area contributed by atoms with Crippen LogP contribution >= 0.6 is 27.5 Å². The van der Waals surface area contributed by atoms with Crippen LogP contribution in [0, 0.1) is 5.92 Å². The monoisotopic (exact) mass is 301 g/mol. The molecule has 2 rings (SSSR count). The molecule has 0 radical (unpaired) electrons. The van der Waals surface area contributed by atoms with E-state index in [2.05, 4.69) is 33.8 Å². The zero-order chi connectivity index (χ0) is 11.5. The molecule has 0 atom stereocenters. The SMILES string of the molecule is CC1CCN(c2c(Cl)cccc2CBr)CC1. The smallest absolute Gasteiger partial charge is 0.0642 e. The Morgan fingerprint density at radius 1 is 1.38 bits per heavy atom. The first kappa shape index (κ1) is 12.3. The number of benzene rings is 1. The number of nitrogens with zero attached hydrogens (tertiary/aromatic N) is 1. The molecule has 1 nitrogen and oxygen atoms in total. The van der Waals surface area contributed by atoms with E-state index < -0.39 is 0 Å². The highest BCUT2D eigenvalue weighted by Gasteiger charge is 2.19. The number of anilines is 1. The Balaban J connectivity index is 2.25. The third-order valence-electron chi connectivity index (χ3n) is 3.31. The summed E-state index contributed by atoms with van der Waals surface area (Å²) >= 11 is 9.85. The molecule has 0 bridgehead atoms. The van der Waals surface area contributed by atoms with Crippen molar-refractivity contribution < 1.29 is 0 Å². The summed E-state index contributed by atoms with van der Waals surface area (Å²) in [4.78, 5) is 2.43. The molecule has 1 fully saturated rings. The lowest BCUT2D eigenvalue weighted by molar-refractivity contribution is 0.438. The molecule has 1 heterocycles. The van der Waals surface area contributed by atoms with Gasteiger partial charge in [-0.3, -0.25) is 0 Å². The van der Waals surface area contributed by atoms with Crippen LogP contribution in [0.1, 0.15) is 25.3 Å². The van der Waals surface area contributed by atoms with Crippen LogP contribution in [-0.4, -0.2) is 13.1 Å². The number of alkyl halides is 1. The summed E-state index contributed by atoms with van der Waals surface area (Å²) in [5.41, 5.74) is 2.52. The predicted octanol–water partition coefficient (Wildman–Crippen LogP) is 4.47. The molecule has 1 aromatic rings. The quantitative estimate of drug-likeness (QED) is 0.729. The Kier molecular flexibility index (Phi) is 4.15. The number of hydrogen-bond acceptors (Lipinski definition) is 1. The molecular formula is C13H17BrClN. The van der Waals surface area contributed by atoms with Crippen molar-refractivity contribution in [3.05, 3.63) is 28.8 Å². The van der Waals surface area contributed by atoms with Gasteiger partial charge < -0.3 is 4.90 Å². The van der Waals surface area contributed by atoms with Crippen LogP contribution in [-0.2, 0) is 5.33 Å². The van der Waals surface area contributed by atoms with Crippen LogP contribution in [0.2, 0.25) is 5.02 Å². The second-order valence-electron chi connectivity index (χ2n) is 4.55. The molecule has 0 amide bonds. The van der Waals surface area contributed by atoms with Gasteiger partial charge in [0.05, 0.1) is 10.7 Å². The second kappa shape index (κ2) is 5.42. The molecule has 1 aliphatic rings. The Labute approximate surface area is 111 Å². The molecule has 16 heavy (non-hydrogen) atoms. The minimum absolute atomic E-state index is 0.853. The maximum atomic E-state index is 6.32. The van der Waals surface area contributed by atoms with Crippen molar-refractivity contribution >= 4 is 33.2 Å². The van der Waals surface area contributed by atoms with Crippen LogP contribution in [0.25, 0.3) is 0 Å². The van der Waals surface area contributed by atoms with E-state index in [0.717, 1.165) is 29.4 Å². The van der Waals surface area contributed by atoms with Gasteiger partial charge in [0.15, 0.2) is 0 Å². The van der Waals surface area contributed by atoms with E-state index in [0.29, 0.717) is 0 Å². The van der Waals surface area contributed by atoms with E-state index in [1.807, 2.05) is 12.1 Å². The number of hydrogen-bond donors (Lipinski definition) is 0. The lowest BCUT2D eigenvalue weighted by Gasteiger charge is -2.34. The highest BCUT2D eigenvalue weighted by atomic mass is 79.9. The van der Waals surface area contributed by atoms with Crippen molar-refractivity contribution in [3.8, 4) is 0 Å². The maximum Gasteiger partial charge on any atom is 0.0642 e. The largest absolute Gasteiger partial charge is 0.370 e. The zero-order valence-corrected chi connectivity index (χ0v) is 11.9. The van der Waals surface area contributed by atoms with Crippen molar-refractivity contribution in [2.24, 2.45) is 5.92 Å². The highest BCUT2D eigenvalue weighted by molar-refractivity contribution is 9.08. The average molecular weight is 303 g/mol. The van der Waals surface area contributed by atoms with E-state index in [1.54, 1.807) is 0 Å². The first-order chi connectivity index (χ1) is 7.72. The number of halogens is 2. The van der Waals surface area contributed by atoms with Crippen molar-refractivity contribution in [3.63, 3.8) is 0 Å². The molecule has 0 aliphatic carbocycles. The third kappa shape index (κ3) is 2.54. The topological polar surface area (TPSA) is 3.24 Å². The molecule has 0 N–H and O–H groups in total. The van der Waals surface area contributed by atoms with Gasteiger partial charge in [0.2, 0.25) is 0 Å². The van der Waals surface area contributed by atoms with Gasteiger partial charge in [0, 0.05) is 18.4 Å². The standard InChI is InChI=1S/C13H17BrClN/c1-10-5-7-16(8-6-10)13-11(9-14)3-2-4-12(13)15/h2-4,10H,5-9H2,1H3. The van der Waals surface area contributed by atoms with Crippen LogP contribution in [0.4, 0.5) is 5.69 Å². The highest BCUT2D eigenvalue weighted by Crippen LogP contribution is 2.33. The summed E-state index contributed by atoms with van der Waals surface area (Å²) in [6.45, 7) is 4.59. The van der Waals surface area contributed by atoms with Crippen molar-refractivity contribution in [2.45, 2.75) is 25.1 Å². The van der Waals surface area contributed by atoms with Crippen molar-refractivity contribution in [2.75, 3.05) is 18.0 Å². The Morgan fingerprint density at radius 3 is 2.69 bits per heavy atom. The number of piperidine rings is 1. The van der Waals surface area contributed by atoms with E-state index in [1.165, 1.54) is 24.1 Å². The normalized spacial score (nSPS) is 17.8. The molecule has 0 aromatic heterocycles. The van der Waals surface area contributed by atoms with E-state index in [4.69, 9.17) is 11.6 Å². The Hall–Kier alpha value is -0.210. The minimum Gasteiger partial charge on any atom is -0.370 e. The molecule has 1 saturated heterocycles. The van der Waals surface area contributed by atoms with Crippen LogP contribution in [0.15, 0.2) is 18.2 Å². The van der Waals surface area contributed by atoms with Crippen molar-refractivity contribution in [1.82, 2.24) is 0 Å². The van der Waals surface area contributed by atoms with Gasteiger partial charge in [-0.2, -0.15) is 0 Å². The Morgan fingerprint density at radius 2 is 2.06 bits per heavy atom. The zero-order valence-electron chi connectivity index (χ0n) is 9.55. The van der Waals surface area contributed by atoms with Gasteiger partial charge in [-0.15, -0.1) is 0 Å². The first-order valence-electron chi connectivity index (χ1n) is 5.80. The molecule has 0 spiro atoms. The van der Waals surface area contributed by atoms with E-state index in [-0.39, 0.29) is 0 Å². The fourth-order valence-electron chi connectivity index (χ4n) is 2.25. The van der Waals surface area contributed by atoms with Gasteiger partial charge >= 0.3 is 0 Å². The van der Waals surface area contributed by atoms with Crippen LogP contribution in [0.5, 0.6) is 0 Å². The Bertz CT molecular complexity index is 359. The summed E-state index contributed by atoms with van der Waals surface area (Å²) in [7, 11) is 0. The average Bonchev–Trinajstić information content (AvgIpc) is 2.30. The van der Waals surface area contributed by atoms with Crippen molar-refractivity contribution in [1.29, 1.82) is 0 Å². The molecule has 0 saturated carbocycles. The lowest BCUT2D eigenvalue weighted by Crippen LogP contribution is -2.33. The summed E-state index contributed by atoms with van der Waals surface area (Å²) in [6.07, 6.45) is 2.54. The van der Waals surface area contributed by atoms with Crippen LogP contribution in [0.3, 0.4) is 0 Å². The van der Waals surface area contributed by atoms with Gasteiger partial charge in [0.1, 0.15) is 0 Å². The lowest BCUT2D eigenvalue weighted by atomic mass is 9.98. The summed E-state index contributed by atoms with van der Waals surface area (Å²) < 4.78 is 0. The maximum absolute atomic E-state index is 6.32. The van der Waals surface area contributed by atoms with Crippen LogP contribution < -0.4 is 4.90 Å². The molecular weight excluding hydrogens is 286 g/mol. The molecule has 1 aromatic carbocycles. The number of para-hydroxylation sites is 1. The van der Waals surface area contributed by atoms with Gasteiger partial charge in [-0.25, -0.2) is 0 Å². The summed E-state index contributed by atoms with van der Waals surface area (Å²) in [6, 6.07) is 6.16. The molecule has 3 heteroatoms. The fraction of sp³-hybridized carbons (Fsp3) is 0.538. The van der Waals surface area contributed by atoms with Gasteiger partial charge in [-0.05, 0) is 30.4 Å². The molecule has 88 valence electrons. The molecule has 0 unspecified atom stereocenters. The fourth-order valence-corrected chi connectivity index (χ4v) is 3.02. The van der Waals surface area contributed by atoms with Gasteiger partial charge in [0.25, 0.3) is 0 Å². The summed E-state index contributed by atoms with van der Waals surface area (Å²) in [5, 5.41) is 1.75. The van der Waals surface area contributed by atoms with E-state index >= 15 is 0 Å². The minimum atomic E-state index is 0.853. The second-order valence-corrected chi connectivity index (χ2v) is 5.52. The number of rotatable bonds is 2. The molecule has 1 aliphatic heterocycles.